The summed E-state index contributed by atoms with van der Waals surface area (Å²) in [5, 5.41) is 18.3. The third-order valence-electron chi connectivity index (χ3n) is 2.35. The maximum absolute atomic E-state index is 13.4. The van der Waals surface area contributed by atoms with Crippen molar-refractivity contribution in [2.24, 2.45) is 0 Å². The van der Waals surface area contributed by atoms with Crippen LogP contribution in [0.15, 0.2) is 16.6 Å². The van der Waals surface area contributed by atoms with Crippen molar-refractivity contribution in [3.05, 3.63) is 38.2 Å². The van der Waals surface area contributed by atoms with Gasteiger partial charge in [-0.3, -0.25) is 10.1 Å². The number of aromatic nitrogens is 2. The van der Waals surface area contributed by atoms with Crippen molar-refractivity contribution in [2.45, 2.75) is 6.61 Å². The van der Waals surface area contributed by atoms with E-state index in [1.807, 2.05) is 0 Å². The van der Waals surface area contributed by atoms with Gasteiger partial charge < -0.3 is 10.1 Å². The molecule has 0 unspecified atom stereocenters. The van der Waals surface area contributed by atoms with E-state index in [9.17, 15) is 14.5 Å². The van der Waals surface area contributed by atoms with Crippen LogP contribution in [0.3, 0.4) is 0 Å². The maximum Gasteiger partial charge on any atom is 0.312 e. The number of nitro groups is 1. The number of nitro benzene ring substituents is 1. The number of anilines is 1. The number of hydrogen-bond acceptors (Lipinski definition) is 7. The van der Waals surface area contributed by atoms with Crippen LogP contribution in [0, 0.1) is 15.9 Å². The van der Waals surface area contributed by atoms with Crippen molar-refractivity contribution >= 4 is 38.2 Å². The Kier molecular flexibility index (Phi) is 4.45. The Morgan fingerprint density at radius 3 is 3.00 bits per heavy atom. The summed E-state index contributed by atoms with van der Waals surface area (Å²) in [6.07, 6.45) is 0. The number of rotatable bonds is 5. The molecule has 10 heteroatoms. The van der Waals surface area contributed by atoms with Gasteiger partial charge in [-0.2, -0.15) is 0 Å². The van der Waals surface area contributed by atoms with E-state index in [2.05, 4.69) is 30.8 Å². The molecule has 7 nitrogen and oxygen atoms in total. The van der Waals surface area contributed by atoms with Crippen LogP contribution in [-0.4, -0.2) is 21.6 Å². The summed E-state index contributed by atoms with van der Waals surface area (Å²) in [6, 6.07) is 2.02. The highest BCUT2D eigenvalue weighted by atomic mass is 79.9. The van der Waals surface area contributed by atoms with Crippen molar-refractivity contribution in [1.82, 2.24) is 9.59 Å². The van der Waals surface area contributed by atoms with Crippen LogP contribution in [0.25, 0.3) is 0 Å². The monoisotopic (exact) mass is 362 g/mol. The molecule has 2 aromatic rings. The molecule has 0 amide bonds. The topological polar surface area (TPSA) is 90.2 Å². The van der Waals surface area contributed by atoms with Crippen molar-refractivity contribution in [3.8, 4) is 5.75 Å². The fourth-order valence-electron chi connectivity index (χ4n) is 1.42. The van der Waals surface area contributed by atoms with E-state index in [0.717, 1.165) is 23.7 Å². The van der Waals surface area contributed by atoms with Gasteiger partial charge >= 0.3 is 5.69 Å². The molecule has 0 saturated heterocycles. The summed E-state index contributed by atoms with van der Waals surface area (Å²) in [5.41, 5.74) is 0.169. The van der Waals surface area contributed by atoms with Crippen molar-refractivity contribution in [3.63, 3.8) is 0 Å². The van der Waals surface area contributed by atoms with E-state index in [4.69, 9.17) is 4.74 Å². The van der Waals surface area contributed by atoms with Gasteiger partial charge in [0.15, 0.2) is 0 Å². The first kappa shape index (κ1) is 14.6. The zero-order valence-corrected chi connectivity index (χ0v) is 12.5. The first-order chi connectivity index (χ1) is 9.52. The minimum atomic E-state index is -0.643. The number of ether oxygens (including phenoxy) is 1. The molecule has 106 valence electrons. The maximum atomic E-state index is 13.4. The molecule has 1 aromatic heterocycles. The molecule has 0 spiro atoms. The highest BCUT2D eigenvalue weighted by molar-refractivity contribution is 9.10. The molecule has 0 saturated carbocycles. The average molecular weight is 363 g/mol. The Morgan fingerprint density at radius 1 is 1.60 bits per heavy atom. The van der Waals surface area contributed by atoms with E-state index >= 15 is 0 Å². The molecule has 0 atom stereocenters. The highest BCUT2D eigenvalue weighted by Crippen LogP contribution is 2.33. The van der Waals surface area contributed by atoms with Crippen molar-refractivity contribution in [2.75, 3.05) is 12.4 Å². The zero-order valence-electron chi connectivity index (χ0n) is 10.1. The second kappa shape index (κ2) is 6.09. The number of halogens is 2. The van der Waals surface area contributed by atoms with E-state index in [1.165, 1.54) is 0 Å². The predicted molar refractivity (Wildman–Crippen MR) is 74.5 cm³/mol. The van der Waals surface area contributed by atoms with E-state index in [-0.39, 0.29) is 22.5 Å². The van der Waals surface area contributed by atoms with Crippen LogP contribution in [0.2, 0.25) is 0 Å². The molecule has 1 N–H and O–H groups in total. The van der Waals surface area contributed by atoms with Crippen molar-refractivity contribution < 1.29 is 14.1 Å². The fourth-order valence-corrected chi connectivity index (χ4v) is 2.26. The fraction of sp³-hybridized carbons (Fsp3) is 0.200. The van der Waals surface area contributed by atoms with Crippen molar-refractivity contribution in [1.29, 1.82) is 0 Å². The van der Waals surface area contributed by atoms with Gasteiger partial charge in [0, 0.05) is 30.7 Å². The lowest BCUT2D eigenvalue weighted by molar-refractivity contribution is -0.386. The minimum absolute atomic E-state index is 0.00258. The molecular weight excluding hydrogens is 355 g/mol. The molecule has 0 aliphatic heterocycles. The van der Waals surface area contributed by atoms with Crippen LogP contribution in [0.5, 0.6) is 5.75 Å². The average Bonchev–Trinajstić information content (AvgIpc) is 2.86. The Labute approximate surface area is 125 Å². The number of hydrogen-bond donors (Lipinski definition) is 1. The molecule has 0 bridgehead atoms. The lowest BCUT2D eigenvalue weighted by Crippen LogP contribution is -2.02. The third kappa shape index (κ3) is 3.02. The Morgan fingerprint density at radius 2 is 2.35 bits per heavy atom. The first-order valence-corrected chi connectivity index (χ1v) is 6.84. The molecular formula is C10H8BrFN4O3S. The van der Waals surface area contributed by atoms with Gasteiger partial charge in [-0.05, 0) is 15.9 Å². The van der Waals surface area contributed by atoms with Crippen LogP contribution in [0.4, 0.5) is 15.1 Å². The van der Waals surface area contributed by atoms with Gasteiger partial charge in [0.05, 0.1) is 9.40 Å². The first-order valence-electron chi connectivity index (χ1n) is 5.28. The summed E-state index contributed by atoms with van der Waals surface area (Å²) >= 11 is 4.03. The van der Waals surface area contributed by atoms with Crippen LogP contribution in [0.1, 0.15) is 5.69 Å². The highest BCUT2D eigenvalue weighted by Gasteiger charge is 2.20. The summed E-state index contributed by atoms with van der Waals surface area (Å²) in [4.78, 5) is 10.3. The molecule has 0 aliphatic rings. The molecule has 0 aliphatic carbocycles. The van der Waals surface area contributed by atoms with Gasteiger partial charge in [-0.25, -0.2) is 4.39 Å². The van der Waals surface area contributed by atoms with Crippen LogP contribution < -0.4 is 10.1 Å². The standard InChI is InChI=1S/C10H8BrFN4O3S/c1-13-10-7(14-15-20-10)4-19-9-3-6(12)5(11)2-8(9)16(17)18/h2-3,13H,4H2,1H3. The van der Waals surface area contributed by atoms with E-state index < -0.39 is 10.7 Å². The summed E-state index contributed by atoms with van der Waals surface area (Å²) in [6.45, 7) is -0.0470. The third-order valence-corrected chi connectivity index (χ3v) is 3.74. The summed E-state index contributed by atoms with van der Waals surface area (Å²) < 4.78 is 22.5. The second-order valence-corrected chi connectivity index (χ2v) is 5.19. The Balaban J connectivity index is 2.25. The SMILES string of the molecule is CNc1snnc1COc1cc(F)c(Br)cc1[N+](=O)[O-]. The van der Waals surface area contributed by atoms with Crippen LogP contribution >= 0.6 is 27.5 Å². The van der Waals surface area contributed by atoms with Gasteiger partial charge in [0.2, 0.25) is 5.75 Å². The minimum Gasteiger partial charge on any atom is -0.480 e. The smallest absolute Gasteiger partial charge is 0.312 e. The van der Waals surface area contributed by atoms with Gasteiger partial charge in [-0.15, -0.1) is 5.10 Å². The van der Waals surface area contributed by atoms with Gasteiger partial charge in [0.25, 0.3) is 0 Å². The number of nitrogens with zero attached hydrogens (tertiary/aromatic N) is 3. The quantitative estimate of drug-likeness (QED) is 0.649. The van der Waals surface area contributed by atoms with E-state index in [0.29, 0.717) is 10.7 Å². The Hall–Kier alpha value is -1.81. The van der Waals surface area contributed by atoms with E-state index in [1.54, 1.807) is 7.05 Å². The molecule has 1 heterocycles. The molecule has 0 fully saturated rings. The predicted octanol–water partition coefficient (Wildman–Crippen LogP) is 2.97. The van der Waals surface area contributed by atoms with Gasteiger partial charge in [-0.1, -0.05) is 4.49 Å². The largest absolute Gasteiger partial charge is 0.480 e. The molecule has 20 heavy (non-hydrogen) atoms. The molecule has 0 radical (unpaired) electrons. The zero-order chi connectivity index (χ0) is 14.7. The number of nitrogens with one attached hydrogen (secondary N) is 1. The molecule has 2 rings (SSSR count). The number of benzene rings is 1. The molecule has 1 aromatic carbocycles. The summed E-state index contributed by atoms with van der Waals surface area (Å²) in [5.74, 6) is -0.804. The summed E-state index contributed by atoms with van der Waals surface area (Å²) in [7, 11) is 1.69. The lowest BCUT2D eigenvalue weighted by Gasteiger charge is -2.07. The lowest BCUT2D eigenvalue weighted by atomic mass is 10.3. The van der Waals surface area contributed by atoms with Crippen LogP contribution in [-0.2, 0) is 6.61 Å². The van der Waals surface area contributed by atoms with Gasteiger partial charge in [0.1, 0.15) is 23.1 Å². The second-order valence-electron chi connectivity index (χ2n) is 3.58. The Bertz CT molecular complexity index is 651. The normalized spacial score (nSPS) is 10.3.